The predicted octanol–water partition coefficient (Wildman–Crippen LogP) is 2.73. The van der Waals surface area contributed by atoms with Crippen LogP contribution in [0.5, 0.6) is 5.75 Å². The van der Waals surface area contributed by atoms with E-state index < -0.39 is 14.6 Å². The van der Waals surface area contributed by atoms with Crippen LogP contribution in [0.15, 0.2) is 18.2 Å². The Morgan fingerprint density at radius 2 is 1.89 bits per heavy atom. The van der Waals surface area contributed by atoms with Crippen LogP contribution in [0.3, 0.4) is 0 Å². The lowest BCUT2D eigenvalue weighted by Gasteiger charge is -2.19. The minimum Gasteiger partial charge on any atom is -0.493 e. The Morgan fingerprint density at radius 3 is 2.39 bits per heavy atom. The monoisotopic (exact) mass is 274 g/mol. The second kappa shape index (κ2) is 5.26. The van der Waals surface area contributed by atoms with Gasteiger partial charge in [-0.1, -0.05) is 0 Å². The zero-order valence-corrected chi connectivity index (χ0v) is 12.0. The highest BCUT2D eigenvalue weighted by Gasteiger charge is 2.28. The van der Waals surface area contributed by atoms with Gasteiger partial charge in [-0.3, -0.25) is 0 Å². The van der Waals surface area contributed by atoms with Crippen molar-refractivity contribution in [2.24, 2.45) is 0 Å². The number of aryl methyl sites for hydroxylation is 1. The largest absolute Gasteiger partial charge is 0.493 e. The normalized spacial score (nSPS) is 12.5. The fourth-order valence-corrected chi connectivity index (χ4v) is 2.20. The molecular formula is C13H19FO3S. The van der Waals surface area contributed by atoms with Gasteiger partial charge in [0.15, 0.2) is 9.84 Å². The summed E-state index contributed by atoms with van der Waals surface area (Å²) in [4.78, 5) is 0. The predicted molar refractivity (Wildman–Crippen MR) is 70.2 cm³/mol. The van der Waals surface area contributed by atoms with Crippen LogP contribution in [-0.4, -0.2) is 25.5 Å². The zero-order valence-electron chi connectivity index (χ0n) is 11.2. The van der Waals surface area contributed by atoms with Gasteiger partial charge in [0, 0.05) is 0 Å². The Bertz CT molecular complexity index is 516. The number of hydrogen-bond acceptors (Lipinski definition) is 3. The average Bonchev–Trinajstić information content (AvgIpc) is 2.21. The van der Waals surface area contributed by atoms with Crippen LogP contribution < -0.4 is 4.74 Å². The smallest absolute Gasteiger partial charge is 0.158 e. The standard InChI is InChI=1S/C13H19FO3S/c1-10-9-11(5-6-12(10)14)17-7-8-18(15,16)13(2,3)4/h5-6,9H,7-8H2,1-4H3. The lowest BCUT2D eigenvalue weighted by Crippen LogP contribution is -2.32. The second-order valence-corrected chi connectivity index (χ2v) is 8.05. The van der Waals surface area contributed by atoms with Gasteiger partial charge in [0.2, 0.25) is 0 Å². The van der Waals surface area contributed by atoms with Crippen molar-refractivity contribution in [3.8, 4) is 5.75 Å². The van der Waals surface area contributed by atoms with E-state index in [1.54, 1.807) is 33.8 Å². The molecule has 0 spiro atoms. The molecule has 3 nitrogen and oxygen atoms in total. The Labute approximate surface area is 108 Å². The van der Waals surface area contributed by atoms with Crippen LogP contribution in [-0.2, 0) is 9.84 Å². The SMILES string of the molecule is Cc1cc(OCCS(=O)(=O)C(C)(C)C)ccc1F. The molecule has 0 radical (unpaired) electrons. The summed E-state index contributed by atoms with van der Waals surface area (Å²) >= 11 is 0. The maximum Gasteiger partial charge on any atom is 0.158 e. The van der Waals surface area contributed by atoms with E-state index in [9.17, 15) is 12.8 Å². The molecule has 0 unspecified atom stereocenters. The summed E-state index contributed by atoms with van der Waals surface area (Å²) in [5.74, 6) is 0.134. The highest BCUT2D eigenvalue weighted by molar-refractivity contribution is 7.92. The molecule has 0 saturated carbocycles. The lowest BCUT2D eigenvalue weighted by atomic mass is 10.2. The first-order valence-electron chi connectivity index (χ1n) is 5.75. The molecule has 1 rings (SSSR count). The Kier molecular flexibility index (Phi) is 4.37. The summed E-state index contributed by atoms with van der Waals surface area (Å²) < 4.78 is 41.2. The van der Waals surface area contributed by atoms with E-state index >= 15 is 0 Å². The summed E-state index contributed by atoms with van der Waals surface area (Å²) in [6.45, 7) is 6.68. The third-order valence-corrected chi connectivity index (χ3v) is 5.25. The number of rotatable bonds is 4. The van der Waals surface area contributed by atoms with E-state index in [2.05, 4.69) is 0 Å². The van der Waals surface area contributed by atoms with Gasteiger partial charge >= 0.3 is 0 Å². The van der Waals surface area contributed by atoms with Crippen LogP contribution in [0.2, 0.25) is 0 Å². The lowest BCUT2D eigenvalue weighted by molar-refractivity contribution is 0.339. The van der Waals surface area contributed by atoms with Gasteiger partial charge < -0.3 is 4.74 Å². The van der Waals surface area contributed by atoms with Crippen molar-refractivity contribution in [1.82, 2.24) is 0 Å². The van der Waals surface area contributed by atoms with Crippen molar-refractivity contribution in [2.45, 2.75) is 32.4 Å². The molecule has 1 aromatic carbocycles. The fraction of sp³-hybridized carbons (Fsp3) is 0.538. The molecule has 0 bridgehead atoms. The Hall–Kier alpha value is -1.10. The van der Waals surface area contributed by atoms with E-state index in [4.69, 9.17) is 4.74 Å². The van der Waals surface area contributed by atoms with Crippen molar-refractivity contribution in [3.63, 3.8) is 0 Å². The Morgan fingerprint density at radius 1 is 1.28 bits per heavy atom. The first kappa shape index (κ1) is 15.0. The molecule has 0 aromatic heterocycles. The third-order valence-electron chi connectivity index (χ3n) is 2.68. The van der Waals surface area contributed by atoms with E-state index in [-0.39, 0.29) is 18.2 Å². The topological polar surface area (TPSA) is 43.4 Å². The molecule has 0 amide bonds. The van der Waals surface area contributed by atoms with Crippen LogP contribution in [0.1, 0.15) is 26.3 Å². The van der Waals surface area contributed by atoms with Gasteiger partial charge in [0.25, 0.3) is 0 Å². The summed E-state index contributed by atoms with van der Waals surface area (Å²) in [6, 6.07) is 4.36. The number of halogens is 1. The van der Waals surface area contributed by atoms with Crippen molar-refractivity contribution >= 4 is 9.84 Å². The molecule has 0 aliphatic rings. The number of benzene rings is 1. The quantitative estimate of drug-likeness (QED) is 0.848. The molecule has 18 heavy (non-hydrogen) atoms. The molecule has 0 aliphatic carbocycles. The van der Waals surface area contributed by atoms with Gasteiger partial charge in [-0.15, -0.1) is 0 Å². The van der Waals surface area contributed by atoms with Crippen LogP contribution >= 0.6 is 0 Å². The molecule has 0 atom stereocenters. The molecule has 0 saturated heterocycles. The van der Waals surface area contributed by atoms with Gasteiger partial charge in [0.1, 0.15) is 18.2 Å². The summed E-state index contributed by atoms with van der Waals surface area (Å²) in [5.41, 5.74) is 0.478. The number of sulfone groups is 1. The molecule has 5 heteroatoms. The maximum absolute atomic E-state index is 13.0. The molecule has 0 fully saturated rings. The van der Waals surface area contributed by atoms with E-state index in [1.165, 1.54) is 12.1 Å². The van der Waals surface area contributed by atoms with Crippen molar-refractivity contribution in [2.75, 3.05) is 12.4 Å². The zero-order chi connectivity index (χ0) is 14.0. The summed E-state index contributed by atoms with van der Waals surface area (Å²) in [5, 5.41) is 0. The van der Waals surface area contributed by atoms with Crippen LogP contribution in [0.25, 0.3) is 0 Å². The molecule has 0 N–H and O–H groups in total. The first-order chi connectivity index (χ1) is 8.13. The van der Waals surface area contributed by atoms with Crippen molar-refractivity contribution in [1.29, 1.82) is 0 Å². The fourth-order valence-electron chi connectivity index (χ4n) is 1.28. The van der Waals surface area contributed by atoms with Gasteiger partial charge in [0.05, 0.1) is 10.5 Å². The summed E-state index contributed by atoms with van der Waals surface area (Å²) in [7, 11) is -3.19. The van der Waals surface area contributed by atoms with E-state index in [0.717, 1.165) is 0 Å². The highest BCUT2D eigenvalue weighted by atomic mass is 32.2. The Balaban J connectivity index is 2.60. The van der Waals surface area contributed by atoms with E-state index in [0.29, 0.717) is 11.3 Å². The minimum absolute atomic E-state index is 0.0487. The molecule has 1 aromatic rings. The highest BCUT2D eigenvalue weighted by Crippen LogP contribution is 2.18. The van der Waals surface area contributed by atoms with Crippen molar-refractivity contribution < 1.29 is 17.5 Å². The minimum atomic E-state index is -3.19. The molecular weight excluding hydrogens is 255 g/mol. The number of hydrogen-bond donors (Lipinski definition) is 0. The first-order valence-corrected chi connectivity index (χ1v) is 7.40. The maximum atomic E-state index is 13.0. The third kappa shape index (κ3) is 3.70. The molecule has 0 aliphatic heterocycles. The second-order valence-electron chi connectivity index (χ2n) is 5.19. The van der Waals surface area contributed by atoms with Crippen LogP contribution in [0, 0.1) is 12.7 Å². The van der Waals surface area contributed by atoms with E-state index in [1.807, 2.05) is 0 Å². The average molecular weight is 274 g/mol. The van der Waals surface area contributed by atoms with Gasteiger partial charge in [-0.2, -0.15) is 0 Å². The van der Waals surface area contributed by atoms with Gasteiger partial charge in [-0.05, 0) is 51.5 Å². The summed E-state index contributed by atoms with van der Waals surface area (Å²) in [6.07, 6.45) is 0. The van der Waals surface area contributed by atoms with Crippen LogP contribution in [0.4, 0.5) is 4.39 Å². The van der Waals surface area contributed by atoms with Gasteiger partial charge in [-0.25, -0.2) is 12.8 Å². The van der Waals surface area contributed by atoms with Crippen molar-refractivity contribution in [3.05, 3.63) is 29.6 Å². The molecule has 0 heterocycles. The molecule has 102 valence electrons. The number of ether oxygens (including phenoxy) is 1.